The molecule has 1 aromatic rings. The standard InChI is InChI=1S/C10H12Cl2N2O3/c1-6-2-10(14(16)17)9(3-8(6)12)13-5-7(15)4-11/h2-3,7,13,15H,4-5H2,1H3. The maximum absolute atomic E-state index is 10.8. The molecule has 0 aliphatic rings. The molecule has 0 heterocycles. The number of benzene rings is 1. The summed E-state index contributed by atoms with van der Waals surface area (Å²) in [6.45, 7) is 1.82. The highest BCUT2D eigenvalue weighted by atomic mass is 35.5. The van der Waals surface area contributed by atoms with Gasteiger partial charge in [-0.05, 0) is 18.6 Å². The molecule has 0 aliphatic carbocycles. The molecular formula is C10H12Cl2N2O3. The molecule has 0 saturated carbocycles. The van der Waals surface area contributed by atoms with Gasteiger partial charge < -0.3 is 10.4 Å². The van der Waals surface area contributed by atoms with Gasteiger partial charge in [-0.1, -0.05) is 11.6 Å². The number of nitrogens with one attached hydrogen (secondary N) is 1. The number of anilines is 1. The number of hydrogen-bond donors (Lipinski definition) is 2. The second kappa shape index (κ2) is 6.05. The van der Waals surface area contributed by atoms with E-state index >= 15 is 0 Å². The Morgan fingerprint density at radius 1 is 1.59 bits per heavy atom. The van der Waals surface area contributed by atoms with Gasteiger partial charge in [0.15, 0.2) is 0 Å². The van der Waals surface area contributed by atoms with E-state index in [0.29, 0.717) is 10.6 Å². The van der Waals surface area contributed by atoms with Gasteiger partial charge in [0, 0.05) is 17.6 Å². The van der Waals surface area contributed by atoms with Gasteiger partial charge in [0.1, 0.15) is 5.69 Å². The summed E-state index contributed by atoms with van der Waals surface area (Å²) < 4.78 is 0. The van der Waals surface area contributed by atoms with E-state index in [1.165, 1.54) is 12.1 Å². The molecule has 1 aromatic carbocycles. The Hall–Kier alpha value is -1.04. The van der Waals surface area contributed by atoms with E-state index in [1.807, 2.05) is 0 Å². The molecule has 0 amide bonds. The SMILES string of the molecule is Cc1cc([N+](=O)[O-])c(NCC(O)CCl)cc1Cl. The van der Waals surface area contributed by atoms with Crippen molar-refractivity contribution in [1.82, 2.24) is 0 Å². The Morgan fingerprint density at radius 3 is 2.76 bits per heavy atom. The summed E-state index contributed by atoms with van der Waals surface area (Å²) >= 11 is 11.3. The maximum atomic E-state index is 10.8. The van der Waals surface area contributed by atoms with Gasteiger partial charge in [0.25, 0.3) is 5.69 Å². The number of halogens is 2. The third-order valence-electron chi connectivity index (χ3n) is 2.18. The number of nitro benzene ring substituents is 1. The molecule has 17 heavy (non-hydrogen) atoms. The molecule has 0 aliphatic heterocycles. The van der Waals surface area contributed by atoms with E-state index in [1.54, 1.807) is 6.92 Å². The fourth-order valence-electron chi connectivity index (χ4n) is 1.24. The second-order valence-electron chi connectivity index (χ2n) is 3.56. The van der Waals surface area contributed by atoms with E-state index in [-0.39, 0.29) is 23.8 Å². The van der Waals surface area contributed by atoms with Gasteiger partial charge >= 0.3 is 0 Å². The predicted molar refractivity (Wildman–Crippen MR) is 68.1 cm³/mol. The smallest absolute Gasteiger partial charge is 0.292 e. The summed E-state index contributed by atoms with van der Waals surface area (Å²) in [7, 11) is 0. The van der Waals surface area contributed by atoms with Crippen molar-refractivity contribution in [3.63, 3.8) is 0 Å². The highest BCUT2D eigenvalue weighted by Gasteiger charge is 2.16. The molecule has 1 atom stereocenters. The first kappa shape index (κ1) is 14.0. The molecule has 0 aromatic heterocycles. The average molecular weight is 279 g/mol. The van der Waals surface area contributed by atoms with Crippen LogP contribution in [0.5, 0.6) is 0 Å². The van der Waals surface area contributed by atoms with Gasteiger partial charge in [0.2, 0.25) is 0 Å². The minimum Gasteiger partial charge on any atom is -0.390 e. The molecule has 0 saturated heterocycles. The molecule has 5 nitrogen and oxygen atoms in total. The highest BCUT2D eigenvalue weighted by Crippen LogP contribution is 2.30. The molecule has 1 unspecified atom stereocenters. The predicted octanol–water partition coefficient (Wildman–Crippen LogP) is 2.57. The molecule has 0 bridgehead atoms. The van der Waals surface area contributed by atoms with E-state index in [9.17, 15) is 15.2 Å². The van der Waals surface area contributed by atoms with Gasteiger partial charge in [-0.2, -0.15) is 0 Å². The van der Waals surface area contributed by atoms with Crippen LogP contribution in [-0.2, 0) is 0 Å². The lowest BCUT2D eigenvalue weighted by Gasteiger charge is -2.11. The number of aryl methyl sites for hydroxylation is 1. The lowest BCUT2D eigenvalue weighted by Crippen LogP contribution is -2.21. The van der Waals surface area contributed by atoms with E-state index < -0.39 is 11.0 Å². The highest BCUT2D eigenvalue weighted by molar-refractivity contribution is 6.31. The Labute approximate surface area is 108 Å². The Morgan fingerprint density at radius 2 is 2.24 bits per heavy atom. The topological polar surface area (TPSA) is 75.4 Å². The van der Waals surface area contributed by atoms with E-state index in [4.69, 9.17) is 23.2 Å². The average Bonchev–Trinajstić information content (AvgIpc) is 2.29. The van der Waals surface area contributed by atoms with Crippen molar-refractivity contribution in [2.45, 2.75) is 13.0 Å². The Bertz CT molecular complexity index is 426. The molecular weight excluding hydrogens is 267 g/mol. The molecule has 94 valence electrons. The van der Waals surface area contributed by atoms with Crippen LogP contribution in [0, 0.1) is 17.0 Å². The number of hydrogen-bond acceptors (Lipinski definition) is 4. The van der Waals surface area contributed by atoms with Crippen molar-refractivity contribution in [2.24, 2.45) is 0 Å². The Kier molecular flexibility index (Phi) is 4.99. The van der Waals surface area contributed by atoms with Crippen molar-refractivity contribution < 1.29 is 10.0 Å². The van der Waals surface area contributed by atoms with Crippen molar-refractivity contribution in [1.29, 1.82) is 0 Å². The Balaban J connectivity index is 2.96. The van der Waals surface area contributed by atoms with Crippen molar-refractivity contribution >= 4 is 34.6 Å². The first-order chi connectivity index (χ1) is 7.95. The molecule has 7 heteroatoms. The minimum absolute atomic E-state index is 0.0559. The second-order valence-corrected chi connectivity index (χ2v) is 4.28. The summed E-state index contributed by atoms with van der Waals surface area (Å²) in [4.78, 5) is 10.3. The van der Waals surface area contributed by atoms with Crippen LogP contribution in [0.25, 0.3) is 0 Å². The number of nitro groups is 1. The number of aliphatic hydroxyl groups excluding tert-OH is 1. The number of rotatable bonds is 5. The molecule has 1 rings (SSSR count). The fraction of sp³-hybridized carbons (Fsp3) is 0.400. The van der Waals surface area contributed by atoms with Crippen LogP contribution in [-0.4, -0.2) is 28.6 Å². The van der Waals surface area contributed by atoms with Gasteiger partial charge in [-0.3, -0.25) is 10.1 Å². The lowest BCUT2D eigenvalue weighted by molar-refractivity contribution is -0.384. The summed E-state index contributed by atoms with van der Waals surface area (Å²) in [5, 5.41) is 23.3. The van der Waals surface area contributed by atoms with Crippen LogP contribution in [0.1, 0.15) is 5.56 Å². The van der Waals surface area contributed by atoms with Crippen molar-refractivity contribution in [3.05, 3.63) is 32.8 Å². The van der Waals surface area contributed by atoms with Crippen LogP contribution in [0.15, 0.2) is 12.1 Å². The third kappa shape index (κ3) is 3.73. The number of aliphatic hydroxyl groups is 1. The van der Waals surface area contributed by atoms with Crippen LogP contribution in [0.4, 0.5) is 11.4 Å². The zero-order valence-electron chi connectivity index (χ0n) is 9.11. The zero-order chi connectivity index (χ0) is 13.0. The van der Waals surface area contributed by atoms with Crippen LogP contribution in [0.3, 0.4) is 0 Å². The van der Waals surface area contributed by atoms with Crippen molar-refractivity contribution in [3.8, 4) is 0 Å². The summed E-state index contributed by atoms with van der Waals surface area (Å²) in [5.41, 5.74) is 0.824. The molecule has 0 fully saturated rings. The fourth-order valence-corrected chi connectivity index (χ4v) is 1.51. The molecule has 2 N–H and O–H groups in total. The molecule has 0 radical (unpaired) electrons. The minimum atomic E-state index is -0.767. The molecule has 0 spiro atoms. The first-order valence-corrected chi connectivity index (χ1v) is 5.79. The summed E-state index contributed by atoms with van der Waals surface area (Å²) in [6, 6.07) is 2.85. The summed E-state index contributed by atoms with van der Waals surface area (Å²) in [6.07, 6.45) is -0.767. The van der Waals surface area contributed by atoms with Crippen molar-refractivity contribution in [2.75, 3.05) is 17.7 Å². The maximum Gasteiger partial charge on any atom is 0.292 e. The number of nitrogens with zero attached hydrogens (tertiary/aromatic N) is 1. The van der Waals surface area contributed by atoms with E-state index in [2.05, 4.69) is 5.32 Å². The third-order valence-corrected chi connectivity index (χ3v) is 2.94. The lowest BCUT2D eigenvalue weighted by atomic mass is 10.2. The van der Waals surface area contributed by atoms with Crippen LogP contribution >= 0.6 is 23.2 Å². The number of alkyl halides is 1. The summed E-state index contributed by atoms with van der Waals surface area (Å²) in [5.74, 6) is 0.0559. The van der Waals surface area contributed by atoms with Gasteiger partial charge in [0.05, 0.1) is 16.9 Å². The zero-order valence-corrected chi connectivity index (χ0v) is 10.6. The quantitative estimate of drug-likeness (QED) is 0.493. The van der Waals surface area contributed by atoms with Crippen LogP contribution < -0.4 is 5.32 Å². The van der Waals surface area contributed by atoms with Crippen LogP contribution in [0.2, 0.25) is 5.02 Å². The normalized spacial score (nSPS) is 12.2. The van der Waals surface area contributed by atoms with E-state index in [0.717, 1.165) is 0 Å². The van der Waals surface area contributed by atoms with Gasteiger partial charge in [-0.25, -0.2) is 0 Å². The largest absolute Gasteiger partial charge is 0.390 e. The van der Waals surface area contributed by atoms with Gasteiger partial charge in [-0.15, -0.1) is 11.6 Å². The monoisotopic (exact) mass is 278 g/mol. The first-order valence-electron chi connectivity index (χ1n) is 4.88.